The average molecular weight is 410 g/mol. The zero-order valence-corrected chi connectivity index (χ0v) is 17.3. The van der Waals surface area contributed by atoms with Crippen molar-refractivity contribution in [2.24, 2.45) is 0 Å². The van der Waals surface area contributed by atoms with Gasteiger partial charge in [-0.05, 0) is 38.1 Å². The maximum Gasteiger partial charge on any atom is 0.155 e. The fourth-order valence-corrected chi connectivity index (χ4v) is 3.65. The second-order valence-electron chi connectivity index (χ2n) is 7.81. The number of aliphatic hydroxyl groups is 1. The minimum atomic E-state index is -0.441. The van der Waals surface area contributed by atoms with Crippen LogP contribution in [0.4, 0.5) is 10.2 Å². The number of hydrogen-bond acceptors (Lipinski definition) is 6. The highest BCUT2D eigenvalue weighted by atomic mass is 19.1. The molecule has 1 aromatic carbocycles. The molecule has 3 heterocycles. The Labute approximate surface area is 175 Å². The van der Waals surface area contributed by atoms with Crippen molar-refractivity contribution in [2.45, 2.75) is 32.5 Å². The van der Waals surface area contributed by atoms with E-state index in [1.807, 2.05) is 24.0 Å². The lowest BCUT2D eigenvalue weighted by Crippen LogP contribution is -2.46. The molecule has 0 bridgehead atoms. The molecule has 1 aliphatic rings. The molecule has 158 valence electrons. The Morgan fingerprint density at radius 3 is 2.43 bits per heavy atom. The van der Waals surface area contributed by atoms with E-state index in [9.17, 15) is 9.50 Å². The molecule has 0 aliphatic carbocycles. The summed E-state index contributed by atoms with van der Waals surface area (Å²) in [5, 5.41) is 14.1. The lowest BCUT2D eigenvalue weighted by molar-refractivity contribution is 0.132. The largest absolute Gasteiger partial charge is 0.391 e. The summed E-state index contributed by atoms with van der Waals surface area (Å²) in [5.41, 5.74) is 2.78. The minimum Gasteiger partial charge on any atom is -0.391 e. The molecule has 7 nitrogen and oxygen atoms in total. The Balaban J connectivity index is 1.40. The number of aliphatic hydroxyl groups excluding tert-OH is 1. The number of nitrogens with zero attached hydrogens (tertiary/aromatic N) is 6. The van der Waals surface area contributed by atoms with Gasteiger partial charge in [0.15, 0.2) is 5.82 Å². The average Bonchev–Trinajstić information content (AvgIpc) is 3.22. The van der Waals surface area contributed by atoms with E-state index in [1.54, 1.807) is 31.5 Å². The first-order valence-electron chi connectivity index (χ1n) is 10.3. The summed E-state index contributed by atoms with van der Waals surface area (Å²) in [6.07, 6.45) is 6.82. The van der Waals surface area contributed by atoms with E-state index in [4.69, 9.17) is 0 Å². The molecule has 0 radical (unpaired) electrons. The third-order valence-electron chi connectivity index (χ3n) is 5.64. The van der Waals surface area contributed by atoms with Gasteiger partial charge >= 0.3 is 0 Å². The second-order valence-corrected chi connectivity index (χ2v) is 7.81. The molecule has 2 atom stereocenters. The van der Waals surface area contributed by atoms with Crippen LogP contribution in [0.15, 0.2) is 49.1 Å². The molecule has 1 unspecified atom stereocenters. The lowest BCUT2D eigenvalue weighted by atomic mass is 10.1. The Morgan fingerprint density at radius 2 is 1.73 bits per heavy atom. The first-order chi connectivity index (χ1) is 14.5. The van der Waals surface area contributed by atoms with E-state index in [0.717, 1.165) is 55.4 Å². The van der Waals surface area contributed by atoms with Gasteiger partial charge in [0.05, 0.1) is 18.3 Å². The summed E-state index contributed by atoms with van der Waals surface area (Å²) in [6.45, 7) is 8.03. The topological polar surface area (TPSA) is 70.3 Å². The van der Waals surface area contributed by atoms with Crippen molar-refractivity contribution in [3.63, 3.8) is 0 Å². The van der Waals surface area contributed by atoms with E-state index in [-0.39, 0.29) is 11.9 Å². The van der Waals surface area contributed by atoms with Gasteiger partial charge in [-0.15, -0.1) is 0 Å². The Morgan fingerprint density at radius 1 is 1.03 bits per heavy atom. The number of piperazine rings is 1. The molecule has 1 saturated heterocycles. The second kappa shape index (κ2) is 8.89. The smallest absolute Gasteiger partial charge is 0.155 e. The van der Waals surface area contributed by atoms with Gasteiger partial charge in [0.25, 0.3) is 0 Å². The van der Waals surface area contributed by atoms with Crippen LogP contribution in [-0.2, 0) is 6.54 Å². The Kier molecular flexibility index (Phi) is 6.06. The van der Waals surface area contributed by atoms with Gasteiger partial charge < -0.3 is 10.0 Å². The standard InChI is InChI=1S/C22H27FN6O/c1-16(17(2)30)29-15-18(13-26-29)14-27-9-11-28(12-10-27)22-21(24-7-8-25-22)19-3-5-20(23)6-4-19/h3-8,13,15-17,30H,9-12,14H2,1-2H3/t16?,17-/m1/s1. The molecule has 1 N–H and O–H groups in total. The fraction of sp³-hybridized carbons (Fsp3) is 0.409. The van der Waals surface area contributed by atoms with Crippen molar-refractivity contribution in [1.82, 2.24) is 24.6 Å². The van der Waals surface area contributed by atoms with Crippen LogP contribution in [-0.4, -0.2) is 62.0 Å². The summed E-state index contributed by atoms with van der Waals surface area (Å²) in [5.74, 6) is 0.575. The molecule has 3 aromatic rings. The minimum absolute atomic E-state index is 0.0443. The van der Waals surface area contributed by atoms with Crippen LogP contribution in [0.1, 0.15) is 25.5 Å². The van der Waals surface area contributed by atoms with Crippen LogP contribution in [0.2, 0.25) is 0 Å². The third kappa shape index (κ3) is 4.49. The quantitative estimate of drug-likeness (QED) is 0.674. The van der Waals surface area contributed by atoms with E-state index in [1.165, 1.54) is 12.1 Å². The van der Waals surface area contributed by atoms with Crippen molar-refractivity contribution in [3.05, 3.63) is 60.4 Å². The summed E-state index contributed by atoms with van der Waals surface area (Å²) < 4.78 is 15.1. The molecule has 30 heavy (non-hydrogen) atoms. The Bertz CT molecular complexity index is 966. The van der Waals surface area contributed by atoms with Gasteiger partial charge in [-0.2, -0.15) is 5.10 Å². The number of rotatable bonds is 6. The predicted octanol–water partition coefficient (Wildman–Crippen LogP) is 2.74. The molecule has 1 aliphatic heterocycles. The molecular weight excluding hydrogens is 383 g/mol. The monoisotopic (exact) mass is 410 g/mol. The summed E-state index contributed by atoms with van der Waals surface area (Å²) >= 11 is 0. The maximum absolute atomic E-state index is 13.3. The zero-order valence-electron chi connectivity index (χ0n) is 17.3. The zero-order chi connectivity index (χ0) is 21.1. The predicted molar refractivity (Wildman–Crippen MR) is 114 cm³/mol. The van der Waals surface area contributed by atoms with Crippen molar-refractivity contribution in [1.29, 1.82) is 0 Å². The van der Waals surface area contributed by atoms with Crippen molar-refractivity contribution >= 4 is 5.82 Å². The van der Waals surface area contributed by atoms with Crippen molar-refractivity contribution in [2.75, 3.05) is 31.1 Å². The number of hydrogen-bond donors (Lipinski definition) is 1. The van der Waals surface area contributed by atoms with Crippen LogP contribution in [0.3, 0.4) is 0 Å². The molecule has 4 rings (SSSR count). The number of aromatic nitrogens is 4. The van der Waals surface area contributed by atoms with E-state index in [2.05, 4.69) is 24.9 Å². The van der Waals surface area contributed by atoms with Crippen LogP contribution >= 0.6 is 0 Å². The summed E-state index contributed by atoms with van der Waals surface area (Å²) in [7, 11) is 0. The summed E-state index contributed by atoms with van der Waals surface area (Å²) in [6, 6.07) is 6.34. The van der Waals surface area contributed by atoms with Gasteiger partial charge in [0.2, 0.25) is 0 Å². The fourth-order valence-electron chi connectivity index (χ4n) is 3.65. The van der Waals surface area contributed by atoms with Gasteiger partial charge in [0, 0.05) is 62.4 Å². The van der Waals surface area contributed by atoms with Crippen LogP contribution in [0.5, 0.6) is 0 Å². The lowest BCUT2D eigenvalue weighted by Gasteiger charge is -2.35. The number of halogens is 1. The highest BCUT2D eigenvalue weighted by molar-refractivity contribution is 5.72. The van der Waals surface area contributed by atoms with Crippen molar-refractivity contribution in [3.8, 4) is 11.3 Å². The van der Waals surface area contributed by atoms with Crippen LogP contribution in [0, 0.1) is 5.82 Å². The maximum atomic E-state index is 13.3. The molecular formula is C22H27FN6O. The number of anilines is 1. The van der Waals surface area contributed by atoms with Gasteiger partial charge in [-0.3, -0.25) is 14.6 Å². The number of benzene rings is 1. The first-order valence-corrected chi connectivity index (χ1v) is 10.3. The SMILES string of the molecule is CC([C@@H](C)O)n1cc(CN2CCN(c3nccnc3-c3ccc(F)cc3)CC2)cn1. The third-order valence-corrected chi connectivity index (χ3v) is 5.64. The van der Waals surface area contributed by atoms with Crippen LogP contribution < -0.4 is 4.90 Å². The normalized spacial score (nSPS) is 17.1. The van der Waals surface area contributed by atoms with E-state index < -0.39 is 6.10 Å². The molecule has 1 fully saturated rings. The van der Waals surface area contributed by atoms with Crippen molar-refractivity contribution < 1.29 is 9.50 Å². The van der Waals surface area contributed by atoms with Crippen LogP contribution in [0.25, 0.3) is 11.3 Å². The highest BCUT2D eigenvalue weighted by Crippen LogP contribution is 2.27. The Hall–Kier alpha value is -2.84. The molecule has 2 aromatic heterocycles. The van der Waals surface area contributed by atoms with Gasteiger partial charge in [0.1, 0.15) is 11.5 Å². The molecule has 0 spiro atoms. The van der Waals surface area contributed by atoms with Gasteiger partial charge in [-0.1, -0.05) is 0 Å². The first kappa shape index (κ1) is 20.4. The molecule has 0 amide bonds. The summed E-state index contributed by atoms with van der Waals surface area (Å²) in [4.78, 5) is 13.7. The highest BCUT2D eigenvalue weighted by Gasteiger charge is 2.22. The molecule has 0 saturated carbocycles. The molecule has 8 heteroatoms. The van der Waals surface area contributed by atoms with Gasteiger partial charge in [-0.25, -0.2) is 9.37 Å². The van der Waals surface area contributed by atoms with E-state index in [0.29, 0.717) is 0 Å². The van der Waals surface area contributed by atoms with E-state index >= 15 is 0 Å².